The Bertz CT molecular complexity index is 1040. The second-order valence-corrected chi connectivity index (χ2v) is 6.77. The minimum absolute atomic E-state index is 0.0295. The molecule has 0 aliphatic carbocycles. The van der Waals surface area contributed by atoms with Gasteiger partial charge in [0.1, 0.15) is 11.5 Å². The van der Waals surface area contributed by atoms with E-state index in [1.54, 1.807) is 49.8 Å². The average molecular weight is 394 g/mol. The Labute approximate surface area is 166 Å². The van der Waals surface area contributed by atoms with Crippen LogP contribution in [0.4, 0.5) is 0 Å². The molecule has 3 aromatic rings. The number of carbonyl (C=O) groups is 2. The molecule has 0 spiro atoms. The van der Waals surface area contributed by atoms with Crippen molar-refractivity contribution in [1.82, 2.24) is 0 Å². The van der Waals surface area contributed by atoms with Gasteiger partial charge in [-0.1, -0.05) is 24.3 Å². The highest BCUT2D eigenvalue weighted by atomic mass is 32.1. The zero-order valence-corrected chi connectivity index (χ0v) is 16.2. The molecule has 0 fully saturated rings. The lowest BCUT2D eigenvalue weighted by atomic mass is 10.0. The number of carboxylic acid groups (broad SMARTS) is 1. The first-order valence-corrected chi connectivity index (χ1v) is 9.27. The van der Waals surface area contributed by atoms with Crippen LogP contribution in [0.3, 0.4) is 0 Å². The van der Waals surface area contributed by atoms with Gasteiger partial charge in [-0.2, -0.15) is 0 Å². The molecular formula is C22H18O5S. The van der Waals surface area contributed by atoms with Crippen molar-refractivity contribution in [1.29, 1.82) is 0 Å². The highest BCUT2D eigenvalue weighted by Crippen LogP contribution is 2.38. The van der Waals surface area contributed by atoms with E-state index in [-0.39, 0.29) is 11.1 Å². The standard InChI is InChI=1S/C22H18O5S/c1-26-19-13-20(27-2)17(21-8-5-11-28-21)12-14(19)9-10-18(23)15-6-3-4-7-16(15)22(24)25/h3-13H,1-2H3,(H,24,25)/b10-9+. The third kappa shape index (κ3) is 3.97. The van der Waals surface area contributed by atoms with Crippen molar-refractivity contribution in [3.8, 4) is 21.9 Å². The molecule has 28 heavy (non-hydrogen) atoms. The molecule has 0 amide bonds. The Morgan fingerprint density at radius 1 is 0.964 bits per heavy atom. The van der Waals surface area contributed by atoms with E-state index in [0.717, 1.165) is 10.4 Å². The van der Waals surface area contributed by atoms with Crippen LogP contribution in [0.1, 0.15) is 26.3 Å². The molecular weight excluding hydrogens is 376 g/mol. The van der Waals surface area contributed by atoms with Crippen LogP contribution in [0.5, 0.6) is 11.5 Å². The first-order valence-electron chi connectivity index (χ1n) is 8.39. The summed E-state index contributed by atoms with van der Waals surface area (Å²) in [6.07, 6.45) is 2.97. The largest absolute Gasteiger partial charge is 0.496 e. The van der Waals surface area contributed by atoms with Crippen LogP contribution >= 0.6 is 11.3 Å². The molecule has 0 saturated carbocycles. The normalized spacial score (nSPS) is 10.8. The van der Waals surface area contributed by atoms with Crippen molar-refractivity contribution in [2.75, 3.05) is 14.2 Å². The van der Waals surface area contributed by atoms with Crippen molar-refractivity contribution in [2.24, 2.45) is 0 Å². The number of allylic oxidation sites excluding steroid dienone is 1. The molecule has 0 radical (unpaired) electrons. The van der Waals surface area contributed by atoms with Crippen LogP contribution in [-0.2, 0) is 0 Å². The van der Waals surface area contributed by atoms with Crippen molar-refractivity contribution in [3.05, 3.63) is 76.7 Å². The number of carbonyl (C=O) groups excluding carboxylic acids is 1. The molecule has 3 rings (SSSR count). The summed E-state index contributed by atoms with van der Waals surface area (Å²) in [7, 11) is 3.13. The van der Waals surface area contributed by atoms with Crippen molar-refractivity contribution in [3.63, 3.8) is 0 Å². The molecule has 6 heteroatoms. The Kier molecular flexibility index (Phi) is 5.91. The average Bonchev–Trinajstić information content (AvgIpc) is 3.25. The van der Waals surface area contributed by atoms with Crippen LogP contribution in [0.2, 0.25) is 0 Å². The molecule has 0 unspecified atom stereocenters. The zero-order chi connectivity index (χ0) is 20.1. The van der Waals surface area contributed by atoms with Gasteiger partial charge in [-0.05, 0) is 35.7 Å². The van der Waals surface area contributed by atoms with E-state index < -0.39 is 11.8 Å². The third-order valence-corrected chi connectivity index (χ3v) is 5.08. The number of ether oxygens (including phenoxy) is 2. The van der Waals surface area contributed by atoms with E-state index in [1.807, 2.05) is 23.6 Å². The Balaban J connectivity index is 2.01. The second-order valence-electron chi connectivity index (χ2n) is 5.82. The maximum absolute atomic E-state index is 12.6. The fourth-order valence-corrected chi connectivity index (χ4v) is 3.57. The number of rotatable bonds is 7. The molecule has 1 N–H and O–H groups in total. The molecule has 1 aromatic heterocycles. The second kappa shape index (κ2) is 8.54. The van der Waals surface area contributed by atoms with Gasteiger partial charge in [-0.3, -0.25) is 4.79 Å². The van der Waals surface area contributed by atoms with Gasteiger partial charge in [-0.25, -0.2) is 4.79 Å². The lowest BCUT2D eigenvalue weighted by molar-refractivity contribution is 0.0693. The number of methoxy groups -OCH3 is 2. The number of hydrogen-bond donors (Lipinski definition) is 1. The van der Waals surface area contributed by atoms with Gasteiger partial charge in [0.15, 0.2) is 5.78 Å². The van der Waals surface area contributed by atoms with E-state index in [9.17, 15) is 14.7 Å². The van der Waals surface area contributed by atoms with Crippen molar-refractivity contribution < 1.29 is 24.2 Å². The number of hydrogen-bond acceptors (Lipinski definition) is 5. The predicted molar refractivity (Wildman–Crippen MR) is 110 cm³/mol. The molecule has 0 saturated heterocycles. The first kappa shape index (κ1) is 19.4. The van der Waals surface area contributed by atoms with Crippen LogP contribution in [0.15, 0.2) is 60.0 Å². The number of ketones is 1. The maximum atomic E-state index is 12.6. The molecule has 0 aliphatic rings. The fraction of sp³-hybridized carbons (Fsp3) is 0.0909. The van der Waals surface area contributed by atoms with Gasteiger partial charge in [0, 0.05) is 27.6 Å². The first-order chi connectivity index (χ1) is 13.5. The van der Waals surface area contributed by atoms with Crippen LogP contribution < -0.4 is 9.47 Å². The molecule has 0 aliphatic heterocycles. The van der Waals surface area contributed by atoms with Gasteiger partial charge in [0.05, 0.1) is 19.8 Å². The summed E-state index contributed by atoms with van der Waals surface area (Å²) in [6.45, 7) is 0. The monoisotopic (exact) mass is 394 g/mol. The molecule has 1 heterocycles. The maximum Gasteiger partial charge on any atom is 0.336 e. The van der Waals surface area contributed by atoms with Crippen LogP contribution in [0, 0.1) is 0 Å². The Hall–Kier alpha value is -3.38. The van der Waals surface area contributed by atoms with Crippen molar-refractivity contribution >= 4 is 29.2 Å². The molecule has 0 atom stereocenters. The number of aromatic carboxylic acids is 1. The molecule has 142 valence electrons. The number of thiophene rings is 1. The lowest BCUT2D eigenvalue weighted by Crippen LogP contribution is -2.06. The van der Waals surface area contributed by atoms with Gasteiger partial charge in [0.25, 0.3) is 0 Å². The summed E-state index contributed by atoms with van der Waals surface area (Å²) in [5.41, 5.74) is 1.68. The summed E-state index contributed by atoms with van der Waals surface area (Å²) in [4.78, 5) is 24.9. The number of benzene rings is 2. The van der Waals surface area contributed by atoms with E-state index in [1.165, 1.54) is 18.2 Å². The quantitative estimate of drug-likeness (QED) is 0.450. The lowest BCUT2D eigenvalue weighted by Gasteiger charge is -2.12. The minimum Gasteiger partial charge on any atom is -0.496 e. The van der Waals surface area contributed by atoms with Gasteiger partial charge >= 0.3 is 5.97 Å². The van der Waals surface area contributed by atoms with E-state index in [4.69, 9.17) is 9.47 Å². The van der Waals surface area contributed by atoms with E-state index in [0.29, 0.717) is 17.1 Å². The number of carboxylic acids is 1. The minimum atomic E-state index is -1.14. The molecule has 0 bridgehead atoms. The smallest absolute Gasteiger partial charge is 0.336 e. The Morgan fingerprint density at radius 2 is 1.68 bits per heavy atom. The third-order valence-electron chi connectivity index (χ3n) is 4.18. The molecule has 2 aromatic carbocycles. The van der Waals surface area contributed by atoms with E-state index in [2.05, 4.69) is 0 Å². The van der Waals surface area contributed by atoms with Gasteiger partial charge < -0.3 is 14.6 Å². The summed E-state index contributed by atoms with van der Waals surface area (Å²) in [5.74, 6) is -0.320. The molecule has 5 nitrogen and oxygen atoms in total. The van der Waals surface area contributed by atoms with E-state index >= 15 is 0 Å². The predicted octanol–water partition coefficient (Wildman–Crippen LogP) is 5.03. The fourth-order valence-electron chi connectivity index (χ4n) is 2.82. The van der Waals surface area contributed by atoms with Crippen LogP contribution in [0.25, 0.3) is 16.5 Å². The summed E-state index contributed by atoms with van der Waals surface area (Å²) in [6, 6.07) is 13.7. The highest BCUT2D eigenvalue weighted by molar-refractivity contribution is 7.13. The summed E-state index contributed by atoms with van der Waals surface area (Å²) < 4.78 is 10.9. The zero-order valence-electron chi connectivity index (χ0n) is 15.3. The summed E-state index contributed by atoms with van der Waals surface area (Å²) in [5, 5.41) is 11.2. The highest BCUT2D eigenvalue weighted by Gasteiger charge is 2.15. The van der Waals surface area contributed by atoms with Gasteiger partial charge in [0.2, 0.25) is 0 Å². The topological polar surface area (TPSA) is 72.8 Å². The van der Waals surface area contributed by atoms with Gasteiger partial charge in [-0.15, -0.1) is 11.3 Å². The SMILES string of the molecule is COc1cc(OC)c(-c2cccs2)cc1/C=C/C(=O)c1ccccc1C(=O)O. The Morgan fingerprint density at radius 3 is 2.29 bits per heavy atom. The van der Waals surface area contributed by atoms with Crippen LogP contribution in [-0.4, -0.2) is 31.1 Å². The summed E-state index contributed by atoms with van der Waals surface area (Å²) >= 11 is 1.58. The van der Waals surface area contributed by atoms with Crippen molar-refractivity contribution in [2.45, 2.75) is 0 Å².